The van der Waals surface area contributed by atoms with Gasteiger partial charge in [-0.15, -0.1) is 12.4 Å². The zero-order valence-corrected chi connectivity index (χ0v) is 21.9. The third-order valence-corrected chi connectivity index (χ3v) is 10.5. The molecule has 5 atom stereocenters. The van der Waals surface area contributed by atoms with E-state index in [9.17, 15) is 9.90 Å². The molecule has 7 rings (SSSR count). The van der Waals surface area contributed by atoms with Gasteiger partial charge in [0.05, 0.1) is 12.5 Å². The summed E-state index contributed by atoms with van der Waals surface area (Å²) in [6.07, 6.45) is 16.6. The maximum absolute atomic E-state index is 13.3. The van der Waals surface area contributed by atoms with Gasteiger partial charge in [-0.3, -0.25) is 9.69 Å². The second-order valence-corrected chi connectivity index (χ2v) is 12.1. The zero-order valence-electron chi connectivity index (χ0n) is 21.1. The summed E-state index contributed by atoms with van der Waals surface area (Å²) in [4.78, 5) is 18.2. The lowest BCUT2D eigenvalue weighted by Crippen LogP contribution is -2.70. The molecular formula is C30H37ClN2O3. The Morgan fingerprint density at radius 2 is 2.08 bits per heavy atom. The first kappa shape index (κ1) is 24.1. The molecule has 2 heterocycles. The van der Waals surface area contributed by atoms with E-state index in [4.69, 9.17) is 4.42 Å². The minimum Gasteiger partial charge on any atom is -0.508 e. The van der Waals surface area contributed by atoms with Gasteiger partial charge in [-0.1, -0.05) is 6.07 Å². The van der Waals surface area contributed by atoms with E-state index in [1.54, 1.807) is 18.6 Å². The van der Waals surface area contributed by atoms with Crippen LogP contribution in [0.1, 0.15) is 61.6 Å². The summed E-state index contributed by atoms with van der Waals surface area (Å²) < 4.78 is 5.15. The van der Waals surface area contributed by atoms with Gasteiger partial charge in [0, 0.05) is 48.1 Å². The number of aromatic hydroxyl groups is 1. The van der Waals surface area contributed by atoms with Crippen LogP contribution in [0.4, 0.5) is 0 Å². The highest BCUT2D eigenvalue weighted by Crippen LogP contribution is 2.70. The van der Waals surface area contributed by atoms with Crippen LogP contribution in [-0.4, -0.2) is 53.0 Å². The Hall–Kier alpha value is -2.24. The van der Waals surface area contributed by atoms with Crippen LogP contribution >= 0.6 is 12.4 Å². The van der Waals surface area contributed by atoms with Crippen molar-refractivity contribution >= 4 is 24.4 Å². The second-order valence-electron chi connectivity index (χ2n) is 12.1. The number of carbonyl (C=O) groups is 1. The highest BCUT2D eigenvalue weighted by atomic mass is 35.5. The van der Waals surface area contributed by atoms with Gasteiger partial charge in [0.1, 0.15) is 5.75 Å². The number of phenols is 1. The van der Waals surface area contributed by atoms with Gasteiger partial charge >= 0.3 is 0 Å². The summed E-state index contributed by atoms with van der Waals surface area (Å²) in [5.74, 6) is 1.91. The molecule has 1 aromatic heterocycles. The van der Waals surface area contributed by atoms with Crippen molar-refractivity contribution in [3.8, 4) is 5.75 Å². The minimum absolute atomic E-state index is 0. The average Bonchev–Trinajstić information content (AvgIpc) is 3.43. The average molecular weight is 509 g/mol. The van der Waals surface area contributed by atoms with Crippen LogP contribution in [0.15, 0.2) is 47.3 Å². The first-order valence-corrected chi connectivity index (χ1v) is 13.5. The van der Waals surface area contributed by atoms with Gasteiger partial charge in [-0.2, -0.15) is 0 Å². The predicted molar refractivity (Wildman–Crippen MR) is 142 cm³/mol. The number of carbonyl (C=O) groups excluding carboxylic acids is 1. The lowest BCUT2D eigenvalue weighted by atomic mass is 9.44. The van der Waals surface area contributed by atoms with Crippen molar-refractivity contribution < 1.29 is 14.3 Å². The minimum atomic E-state index is 0. The summed E-state index contributed by atoms with van der Waals surface area (Å²) in [7, 11) is 2.00. The van der Waals surface area contributed by atoms with Crippen LogP contribution in [0.5, 0.6) is 5.75 Å². The highest BCUT2D eigenvalue weighted by molar-refractivity contribution is 5.91. The van der Waals surface area contributed by atoms with Crippen molar-refractivity contribution in [2.75, 3.05) is 20.1 Å². The van der Waals surface area contributed by atoms with E-state index in [0.717, 1.165) is 37.3 Å². The molecule has 1 saturated heterocycles. The Kier molecular flexibility index (Phi) is 5.80. The molecule has 1 N–H and O–H groups in total. The first-order valence-electron chi connectivity index (χ1n) is 13.5. The number of nitrogens with zero attached hydrogens (tertiary/aromatic N) is 2. The molecule has 5 nitrogen and oxygen atoms in total. The van der Waals surface area contributed by atoms with Gasteiger partial charge < -0.3 is 14.4 Å². The smallest absolute Gasteiger partial charge is 0.246 e. The number of fused-ring (bicyclic) bond motifs is 2. The van der Waals surface area contributed by atoms with Crippen LogP contribution < -0.4 is 0 Å². The Labute approximate surface area is 219 Å². The number of benzene rings is 1. The van der Waals surface area contributed by atoms with Crippen molar-refractivity contribution in [3.63, 3.8) is 0 Å². The summed E-state index contributed by atoms with van der Waals surface area (Å²) in [5.41, 5.74) is 4.03. The summed E-state index contributed by atoms with van der Waals surface area (Å²) in [6, 6.07) is 8.87. The maximum atomic E-state index is 13.3. The Bertz CT molecular complexity index is 1170. The summed E-state index contributed by atoms with van der Waals surface area (Å²) in [5, 5.41) is 10.5. The van der Waals surface area contributed by atoms with Crippen molar-refractivity contribution in [3.05, 3.63) is 59.6 Å². The second kappa shape index (κ2) is 8.66. The molecular weight excluding hydrogens is 472 g/mol. The summed E-state index contributed by atoms with van der Waals surface area (Å²) >= 11 is 0. The molecule has 5 aliphatic rings. The number of halogens is 1. The summed E-state index contributed by atoms with van der Waals surface area (Å²) in [6.45, 7) is 2.42. The van der Waals surface area contributed by atoms with Crippen molar-refractivity contribution in [2.45, 2.75) is 68.9 Å². The molecule has 0 unspecified atom stereocenters. The molecule has 1 amide bonds. The molecule has 36 heavy (non-hydrogen) atoms. The van der Waals surface area contributed by atoms with Crippen LogP contribution in [0, 0.1) is 17.3 Å². The third-order valence-electron chi connectivity index (χ3n) is 10.5. The molecule has 192 valence electrons. The topological polar surface area (TPSA) is 56.9 Å². The third kappa shape index (κ3) is 3.49. The van der Waals surface area contributed by atoms with E-state index in [1.165, 1.54) is 49.8 Å². The normalized spacial score (nSPS) is 34.6. The van der Waals surface area contributed by atoms with Crippen LogP contribution in [-0.2, 0) is 16.6 Å². The number of furan rings is 1. The Morgan fingerprint density at radius 1 is 1.22 bits per heavy atom. The molecule has 1 aliphatic heterocycles. The lowest BCUT2D eigenvalue weighted by molar-refractivity contribution is -0.151. The predicted octanol–water partition coefficient (Wildman–Crippen LogP) is 5.42. The van der Waals surface area contributed by atoms with Gasteiger partial charge in [0.2, 0.25) is 5.91 Å². The molecule has 0 radical (unpaired) electrons. The quantitative estimate of drug-likeness (QED) is 0.548. The fraction of sp³-hybridized carbons (Fsp3) is 0.567. The number of hydrogen-bond acceptors (Lipinski definition) is 4. The van der Waals surface area contributed by atoms with E-state index < -0.39 is 0 Å². The fourth-order valence-corrected chi connectivity index (χ4v) is 8.80. The Morgan fingerprint density at radius 3 is 2.86 bits per heavy atom. The van der Waals surface area contributed by atoms with Crippen LogP contribution in [0.25, 0.3) is 6.08 Å². The van der Waals surface area contributed by atoms with Gasteiger partial charge in [-0.05, 0) is 105 Å². The number of likely N-dealkylation sites (tertiary alicyclic amines) is 1. The standard InChI is InChI=1S/C30H36N2O3.ClH/c1-31(28(34)9-4-21-10-13-35-19-21)26-17-29-11-12-32(18-20-2-3-20)27-8-6-23(26)16-30(27,29)15-22-5-7-24(33)14-25(22)29;/h4-5,7,9-10,13-14,19-20,23,26-27,33H,2-3,6,8,11-12,15-18H2,1H3;1H/b9-4+;/t23-,26+,27+,29-,30-;/m1./s1. The molecule has 2 bridgehead atoms. The number of rotatable bonds is 5. The molecule has 3 saturated carbocycles. The fourth-order valence-electron chi connectivity index (χ4n) is 8.80. The van der Waals surface area contributed by atoms with E-state index in [-0.39, 0.29) is 35.2 Å². The zero-order chi connectivity index (χ0) is 23.8. The van der Waals surface area contributed by atoms with E-state index in [2.05, 4.69) is 17.0 Å². The molecule has 4 fully saturated rings. The number of likely N-dealkylation sites (N-methyl/N-ethyl adjacent to an activating group) is 1. The molecule has 1 spiro atoms. The van der Waals surface area contributed by atoms with Gasteiger partial charge in [0.15, 0.2) is 0 Å². The maximum Gasteiger partial charge on any atom is 0.246 e. The number of piperidine rings is 1. The SMILES string of the molecule is CN(C(=O)/C=C/c1ccoc1)[C@H]1C[C@@]23CCN(CC4CC4)[C@H]4CC[C@@H]1C[C@]42Cc1ccc(O)cc13.Cl. The molecule has 6 heteroatoms. The van der Waals surface area contributed by atoms with Crippen molar-refractivity contribution in [1.29, 1.82) is 0 Å². The van der Waals surface area contributed by atoms with E-state index in [0.29, 0.717) is 17.7 Å². The Balaban J connectivity index is 0.00000240. The molecule has 2 aromatic rings. The van der Waals surface area contributed by atoms with Crippen molar-refractivity contribution in [2.24, 2.45) is 17.3 Å². The van der Waals surface area contributed by atoms with Gasteiger partial charge in [-0.25, -0.2) is 0 Å². The van der Waals surface area contributed by atoms with E-state index in [1.807, 2.05) is 30.2 Å². The highest BCUT2D eigenvalue weighted by Gasteiger charge is 2.69. The number of amides is 1. The van der Waals surface area contributed by atoms with E-state index >= 15 is 0 Å². The molecule has 4 aliphatic carbocycles. The van der Waals surface area contributed by atoms with Gasteiger partial charge in [0.25, 0.3) is 0 Å². The largest absolute Gasteiger partial charge is 0.508 e. The van der Waals surface area contributed by atoms with Crippen LogP contribution in [0.2, 0.25) is 0 Å². The lowest BCUT2D eigenvalue weighted by Gasteiger charge is -2.67. The number of hydrogen-bond donors (Lipinski definition) is 1. The monoisotopic (exact) mass is 508 g/mol. The first-order chi connectivity index (χ1) is 17.0. The van der Waals surface area contributed by atoms with Crippen LogP contribution in [0.3, 0.4) is 0 Å². The van der Waals surface area contributed by atoms with Crippen molar-refractivity contribution in [1.82, 2.24) is 9.80 Å². The number of phenolic OH excluding ortho intramolecular Hbond substituents is 1. The molecule has 1 aromatic carbocycles.